The van der Waals surface area contributed by atoms with Crippen LogP contribution in [0.25, 0.3) is 0 Å². The average Bonchev–Trinajstić information content (AvgIpc) is 2.16. The Morgan fingerprint density at radius 1 is 1.67 bits per heavy atom. The molecule has 0 saturated carbocycles. The first kappa shape index (κ1) is 12.0. The summed E-state index contributed by atoms with van der Waals surface area (Å²) in [6.07, 6.45) is -2.88. The third-order valence-corrected chi connectivity index (χ3v) is 2.44. The van der Waals surface area contributed by atoms with E-state index in [0.717, 1.165) is 0 Å². The zero-order chi connectivity index (χ0) is 11.6. The number of carboxylic acid groups (broad SMARTS) is 1. The molecule has 0 unspecified atom stereocenters. The van der Waals surface area contributed by atoms with E-state index < -0.39 is 23.7 Å². The van der Waals surface area contributed by atoms with Crippen molar-refractivity contribution in [2.75, 3.05) is 0 Å². The summed E-state index contributed by atoms with van der Waals surface area (Å²) in [5, 5.41) is 9.04. The normalized spacial score (nSPS) is 10.7. The second kappa shape index (κ2) is 4.65. The Bertz CT molecular complexity index is 396. The van der Waals surface area contributed by atoms with Crippen molar-refractivity contribution < 1.29 is 18.7 Å². The summed E-state index contributed by atoms with van der Waals surface area (Å²) >= 11 is 3.10. The van der Waals surface area contributed by atoms with Crippen LogP contribution in [0.4, 0.5) is 8.78 Å². The number of hydrogen-bond donors (Lipinski definition) is 1. The van der Waals surface area contributed by atoms with Gasteiger partial charge in [-0.2, -0.15) is 0 Å². The first-order chi connectivity index (χ1) is 6.97. The van der Waals surface area contributed by atoms with Crippen LogP contribution in [-0.2, 0) is 5.33 Å². The quantitative estimate of drug-likeness (QED) is 0.866. The van der Waals surface area contributed by atoms with Gasteiger partial charge >= 0.3 is 5.97 Å². The van der Waals surface area contributed by atoms with Gasteiger partial charge in [-0.15, -0.1) is 0 Å². The molecule has 0 bridgehead atoms. The number of aromatic carboxylic acids is 1. The Labute approximate surface area is 93.3 Å². The highest BCUT2D eigenvalue weighted by Crippen LogP contribution is 2.24. The number of alkyl halides is 3. The SMILES string of the molecule is Cc1cc(C(=O)O)c(C(F)F)nc1CBr. The standard InChI is InChI=1S/C9H8BrF2NO2/c1-4-2-5(9(14)15)7(8(11)12)13-6(4)3-10/h2,8H,3H2,1H3,(H,14,15). The van der Waals surface area contributed by atoms with Gasteiger partial charge in [-0.05, 0) is 18.6 Å². The molecule has 3 nitrogen and oxygen atoms in total. The maximum atomic E-state index is 12.5. The Kier molecular flexibility index (Phi) is 3.73. The van der Waals surface area contributed by atoms with Crippen molar-refractivity contribution >= 4 is 21.9 Å². The fourth-order valence-corrected chi connectivity index (χ4v) is 1.71. The van der Waals surface area contributed by atoms with E-state index >= 15 is 0 Å². The topological polar surface area (TPSA) is 50.2 Å². The lowest BCUT2D eigenvalue weighted by molar-refractivity contribution is 0.0682. The highest BCUT2D eigenvalue weighted by atomic mass is 79.9. The molecule has 0 atom stereocenters. The number of carboxylic acids is 1. The molecule has 0 aromatic carbocycles. The van der Waals surface area contributed by atoms with E-state index in [1.165, 1.54) is 6.07 Å². The summed E-state index contributed by atoms with van der Waals surface area (Å²) in [6.45, 7) is 1.63. The summed E-state index contributed by atoms with van der Waals surface area (Å²) < 4.78 is 25.0. The van der Waals surface area contributed by atoms with Gasteiger partial charge in [0.2, 0.25) is 0 Å². The molecule has 0 aliphatic heterocycles. The number of nitrogens with zero attached hydrogens (tertiary/aromatic N) is 1. The molecule has 0 aliphatic rings. The van der Waals surface area contributed by atoms with E-state index in [2.05, 4.69) is 20.9 Å². The summed E-state index contributed by atoms with van der Waals surface area (Å²) in [5.74, 6) is -1.39. The van der Waals surface area contributed by atoms with E-state index in [9.17, 15) is 13.6 Å². The maximum Gasteiger partial charge on any atom is 0.337 e. The third-order valence-electron chi connectivity index (χ3n) is 1.91. The molecule has 0 radical (unpaired) electrons. The van der Waals surface area contributed by atoms with E-state index in [0.29, 0.717) is 16.6 Å². The number of carbonyl (C=O) groups is 1. The van der Waals surface area contributed by atoms with Gasteiger partial charge in [0, 0.05) is 5.33 Å². The minimum Gasteiger partial charge on any atom is -0.478 e. The summed E-state index contributed by atoms with van der Waals surface area (Å²) in [7, 11) is 0. The first-order valence-electron chi connectivity index (χ1n) is 4.05. The molecule has 1 heterocycles. The van der Waals surface area contributed by atoms with Gasteiger partial charge in [0.15, 0.2) is 0 Å². The first-order valence-corrected chi connectivity index (χ1v) is 5.17. The molecule has 1 rings (SSSR count). The molecular weight excluding hydrogens is 272 g/mol. The average molecular weight is 280 g/mol. The summed E-state index contributed by atoms with van der Waals surface area (Å²) in [4.78, 5) is 14.3. The van der Waals surface area contributed by atoms with Gasteiger partial charge in [-0.25, -0.2) is 18.6 Å². The van der Waals surface area contributed by atoms with Crippen LogP contribution in [0.3, 0.4) is 0 Å². The van der Waals surface area contributed by atoms with Crippen molar-refractivity contribution in [1.29, 1.82) is 0 Å². The van der Waals surface area contributed by atoms with Crippen LogP contribution in [0.1, 0.15) is 33.7 Å². The van der Waals surface area contributed by atoms with E-state index in [1.807, 2.05) is 0 Å². The molecule has 15 heavy (non-hydrogen) atoms. The third kappa shape index (κ3) is 2.50. The summed E-state index contributed by atoms with van der Waals surface area (Å²) in [6, 6.07) is 1.22. The summed E-state index contributed by atoms with van der Waals surface area (Å²) in [5.41, 5.74) is -0.112. The van der Waals surface area contributed by atoms with Crippen molar-refractivity contribution in [2.45, 2.75) is 18.7 Å². The lowest BCUT2D eigenvalue weighted by Gasteiger charge is -2.08. The Hall–Kier alpha value is -1.04. The molecule has 0 aliphatic carbocycles. The van der Waals surface area contributed by atoms with Gasteiger partial charge in [0.25, 0.3) is 6.43 Å². The van der Waals surface area contributed by atoms with Crippen LogP contribution in [0, 0.1) is 6.92 Å². The van der Waals surface area contributed by atoms with Crippen molar-refractivity contribution in [1.82, 2.24) is 4.98 Å². The molecule has 0 spiro atoms. The molecule has 6 heteroatoms. The van der Waals surface area contributed by atoms with Crippen molar-refractivity contribution in [2.24, 2.45) is 0 Å². The van der Waals surface area contributed by atoms with Crippen LogP contribution in [0.15, 0.2) is 6.07 Å². The number of rotatable bonds is 3. The van der Waals surface area contributed by atoms with Crippen LogP contribution in [-0.4, -0.2) is 16.1 Å². The van der Waals surface area contributed by atoms with Gasteiger partial charge in [-0.3, -0.25) is 0 Å². The number of pyridine rings is 1. The second-order valence-electron chi connectivity index (χ2n) is 2.92. The lowest BCUT2D eigenvalue weighted by atomic mass is 10.1. The fourth-order valence-electron chi connectivity index (χ4n) is 1.14. The van der Waals surface area contributed by atoms with Gasteiger partial charge in [-0.1, -0.05) is 15.9 Å². The van der Waals surface area contributed by atoms with Crippen molar-refractivity contribution in [3.05, 3.63) is 28.6 Å². The molecule has 0 fully saturated rings. The zero-order valence-corrected chi connectivity index (χ0v) is 9.38. The second-order valence-corrected chi connectivity index (χ2v) is 3.48. The van der Waals surface area contributed by atoms with Crippen LogP contribution in [0.2, 0.25) is 0 Å². The number of hydrogen-bond acceptors (Lipinski definition) is 2. The minimum absolute atomic E-state index is 0.318. The van der Waals surface area contributed by atoms with Crippen LogP contribution >= 0.6 is 15.9 Å². The number of aryl methyl sites for hydroxylation is 1. The Morgan fingerprint density at radius 2 is 2.27 bits per heavy atom. The monoisotopic (exact) mass is 279 g/mol. The molecule has 1 aromatic heterocycles. The maximum absolute atomic E-state index is 12.5. The highest BCUT2D eigenvalue weighted by molar-refractivity contribution is 9.08. The molecule has 0 amide bonds. The van der Waals surface area contributed by atoms with Crippen molar-refractivity contribution in [3.63, 3.8) is 0 Å². The molecule has 1 N–H and O–H groups in total. The number of halogens is 3. The van der Waals surface area contributed by atoms with Crippen LogP contribution < -0.4 is 0 Å². The van der Waals surface area contributed by atoms with E-state index in [-0.39, 0.29) is 0 Å². The minimum atomic E-state index is -2.88. The van der Waals surface area contributed by atoms with Crippen molar-refractivity contribution in [3.8, 4) is 0 Å². The Morgan fingerprint density at radius 3 is 2.67 bits per heavy atom. The van der Waals surface area contributed by atoms with E-state index in [4.69, 9.17) is 5.11 Å². The number of aromatic nitrogens is 1. The highest BCUT2D eigenvalue weighted by Gasteiger charge is 2.21. The lowest BCUT2D eigenvalue weighted by Crippen LogP contribution is -2.08. The van der Waals surface area contributed by atoms with E-state index in [1.54, 1.807) is 6.92 Å². The molecule has 0 saturated heterocycles. The van der Waals surface area contributed by atoms with Gasteiger partial charge in [0.1, 0.15) is 5.69 Å². The predicted molar refractivity (Wildman–Crippen MR) is 53.5 cm³/mol. The largest absolute Gasteiger partial charge is 0.478 e. The predicted octanol–water partition coefficient (Wildman–Crippen LogP) is 2.92. The fraction of sp³-hybridized carbons (Fsp3) is 0.333. The van der Waals surface area contributed by atoms with Crippen LogP contribution in [0.5, 0.6) is 0 Å². The molecule has 1 aromatic rings. The van der Waals surface area contributed by atoms with Gasteiger partial charge in [0.05, 0.1) is 11.3 Å². The van der Waals surface area contributed by atoms with Gasteiger partial charge < -0.3 is 5.11 Å². The zero-order valence-electron chi connectivity index (χ0n) is 7.80. The smallest absolute Gasteiger partial charge is 0.337 e. The molecular formula is C9H8BrF2NO2. The Balaban J connectivity index is 3.38. The molecule has 82 valence electrons.